The summed E-state index contributed by atoms with van der Waals surface area (Å²) >= 11 is 0. The number of carbonyl (C=O) groups is 1. The number of hydrogen-bond acceptors (Lipinski definition) is 2. The first kappa shape index (κ1) is 11.5. The second kappa shape index (κ2) is 4.27. The Bertz CT molecular complexity index is 309. The lowest BCUT2D eigenvalue weighted by Crippen LogP contribution is -2.57. The number of nitrogens with zero attached hydrogens (tertiary/aromatic N) is 1. The fourth-order valence-electron chi connectivity index (χ4n) is 4.10. The Morgan fingerprint density at radius 1 is 1.24 bits per heavy atom. The Hall–Kier alpha value is -0.570. The average molecular weight is 236 g/mol. The monoisotopic (exact) mass is 236 g/mol. The van der Waals surface area contributed by atoms with E-state index < -0.39 is 0 Å². The highest BCUT2D eigenvalue weighted by atomic mass is 16.2. The van der Waals surface area contributed by atoms with Crippen LogP contribution in [0.3, 0.4) is 0 Å². The molecule has 3 nitrogen and oxygen atoms in total. The maximum Gasteiger partial charge on any atom is 0.242 e. The molecule has 2 heterocycles. The smallest absolute Gasteiger partial charge is 0.242 e. The topological polar surface area (TPSA) is 32.3 Å². The zero-order chi connectivity index (χ0) is 11.9. The number of fused-ring (bicyclic) bond motifs is 1. The molecule has 1 amide bonds. The molecule has 1 N–H and O–H groups in total. The first-order chi connectivity index (χ1) is 8.21. The van der Waals surface area contributed by atoms with Crippen LogP contribution in [0.4, 0.5) is 0 Å². The van der Waals surface area contributed by atoms with Crippen molar-refractivity contribution in [3.05, 3.63) is 0 Å². The number of likely N-dealkylation sites (tertiary alicyclic amines) is 1. The maximum atomic E-state index is 12.7. The third-order valence-corrected chi connectivity index (χ3v) is 5.09. The van der Waals surface area contributed by atoms with E-state index in [2.05, 4.69) is 17.1 Å². The Labute approximate surface area is 104 Å². The standard InChI is InChI=1S/C14H24N2O/c1-14(8-4-9-15-14)13(17)16-10-3-6-11-5-2-7-12(11)16/h11-12,15H,2-10H2,1H3. The molecule has 3 heteroatoms. The van der Waals surface area contributed by atoms with Crippen molar-refractivity contribution in [1.82, 2.24) is 10.2 Å². The first-order valence-electron chi connectivity index (χ1n) is 7.27. The number of nitrogens with one attached hydrogen (secondary N) is 1. The van der Waals surface area contributed by atoms with Crippen LogP contribution >= 0.6 is 0 Å². The lowest BCUT2D eigenvalue weighted by atomic mass is 9.89. The molecule has 0 radical (unpaired) electrons. The van der Waals surface area contributed by atoms with E-state index in [1.165, 1.54) is 32.1 Å². The maximum absolute atomic E-state index is 12.7. The van der Waals surface area contributed by atoms with Crippen molar-refractivity contribution < 1.29 is 4.79 Å². The molecule has 17 heavy (non-hydrogen) atoms. The summed E-state index contributed by atoms with van der Waals surface area (Å²) in [6.07, 6.45) is 8.62. The van der Waals surface area contributed by atoms with Gasteiger partial charge in [0.25, 0.3) is 0 Å². The van der Waals surface area contributed by atoms with Gasteiger partial charge >= 0.3 is 0 Å². The van der Waals surface area contributed by atoms with Crippen molar-refractivity contribution in [3.63, 3.8) is 0 Å². The van der Waals surface area contributed by atoms with E-state index in [-0.39, 0.29) is 5.54 Å². The van der Waals surface area contributed by atoms with Gasteiger partial charge in [-0.15, -0.1) is 0 Å². The van der Waals surface area contributed by atoms with Crippen molar-refractivity contribution in [2.75, 3.05) is 13.1 Å². The van der Waals surface area contributed by atoms with Crippen LogP contribution in [0.1, 0.15) is 51.9 Å². The van der Waals surface area contributed by atoms with E-state index in [0.29, 0.717) is 11.9 Å². The molecule has 96 valence electrons. The number of hydrogen-bond donors (Lipinski definition) is 1. The van der Waals surface area contributed by atoms with Crippen LogP contribution in [-0.2, 0) is 4.79 Å². The molecule has 0 aromatic carbocycles. The summed E-state index contributed by atoms with van der Waals surface area (Å²) in [7, 11) is 0. The summed E-state index contributed by atoms with van der Waals surface area (Å²) in [4.78, 5) is 14.9. The third kappa shape index (κ3) is 1.88. The van der Waals surface area contributed by atoms with Gasteiger partial charge in [0.05, 0.1) is 5.54 Å². The molecular formula is C14H24N2O. The van der Waals surface area contributed by atoms with Gasteiger partial charge in [-0.25, -0.2) is 0 Å². The van der Waals surface area contributed by atoms with E-state index in [1.54, 1.807) is 0 Å². The van der Waals surface area contributed by atoms with Gasteiger partial charge in [0.2, 0.25) is 5.91 Å². The zero-order valence-electron chi connectivity index (χ0n) is 10.9. The minimum absolute atomic E-state index is 0.259. The minimum atomic E-state index is -0.259. The second-order valence-corrected chi connectivity index (χ2v) is 6.26. The van der Waals surface area contributed by atoms with Crippen LogP contribution in [0.5, 0.6) is 0 Å². The van der Waals surface area contributed by atoms with E-state index in [0.717, 1.165) is 31.8 Å². The lowest BCUT2D eigenvalue weighted by Gasteiger charge is -2.41. The van der Waals surface area contributed by atoms with E-state index in [4.69, 9.17) is 0 Å². The SMILES string of the molecule is CC1(C(=O)N2CCCC3CCCC32)CCCN1. The van der Waals surface area contributed by atoms with Crippen molar-refractivity contribution in [3.8, 4) is 0 Å². The van der Waals surface area contributed by atoms with Gasteiger partial charge in [0, 0.05) is 12.6 Å². The highest BCUT2D eigenvalue weighted by molar-refractivity contribution is 5.86. The molecule has 0 aromatic rings. The molecule has 3 rings (SSSR count). The van der Waals surface area contributed by atoms with Crippen LogP contribution in [0.15, 0.2) is 0 Å². The summed E-state index contributed by atoms with van der Waals surface area (Å²) < 4.78 is 0. The number of piperidine rings is 1. The number of amides is 1. The van der Waals surface area contributed by atoms with Crippen LogP contribution in [0.2, 0.25) is 0 Å². The second-order valence-electron chi connectivity index (χ2n) is 6.26. The predicted octanol–water partition coefficient (Wildman–Crippen LogP) is 1.92. The lowest BCUT2D eigenvalue weighted by molar-refractivity contribution is -0.142. The van der Waals surface area contributed by atoms with Crippen molar-refractivity contribution in [1.29, 1.82) is 0 Å². The van der Waals surface area contributed by atoms with Crippen molar-refractivity contribution in [2.45, 2.75) is 63.5 Å². The van der Waals surface area contributed by atoms with Crippen LogP contribution < -0.4 is 5.32 Å². The molecule has 0 bridgehead atoms. The predicted molar refractivity (Wildman–Crippen MR) is 67.7 cm³/mol. The van der Waals surface area contributed by atoms with Gasteiger partial charge in [-0.3, -0.25) is 4.79 Å². The quantitative estimate of drug-likeness (QED) is 0.754. The normalized spacial score (nSPS) is 41.6. The molecule has 3 aliphatic rings. The molecule has 1 aliphatic carbocycles. The Morgan fingerprint density at radius 2 is 2.06 bits per heavy atom. The van der Waals surface area contributed by atoms with E-state index >= 15 is 0 Å². The Balaban J connectivity index is 1.76. The molecule has 3 fully saturated rings. The average Bonchev–Trinajstić information content (AvgIpc) is 2.96. The molecule has 1 saturated carbocycles. The van der Waals surface area contributed by atoms with Gasteiger partial charge in [0.15, 0.2) is 0 Å². The summed E-state index contributed by atoms with van der Waals surface area (Å²) in [5.74, 6) is 1.18. The highest BCUT2D eigenvalue weighted by Crippen LogP contribution is 2.38. The third-order valence-electron chi connectivity index (χ3n) is 5.09. The molecule has 0 aromatic heterocycles. The Kier molecular flexibility index (Phi) is 2.89. The number of rotatable bonds is 1. The van der Waals surface area contributed by atoms with Gasteiger partial charge in [-0.2, -0.15) is 0 Å². The van der Waals surface area contributed by atoms with E-state index in [9.17, 15) is 4.79 Å². The fourth-order valence-corrected chi connectivity index (χ4v) is 4.10. The minimum Gasteiger partial charge on any atom is -0.338 e. The molecular weight excluding hydrogens is 212 g/mol. The van der Waals surface area contributed by atoms with Gasteiger partial charge in [-0.05, 0) is 57.9 Å². The fraction of sp³-hybridized carbons (Fsp3) is 0.929. The summed E-state index contributed by atoms with van der Waals surface area (Å²) in [5.41, 5.74) is -0.259. The first-order valence-corrected chi connectivity index (χ1v) is 7.27. The van der Waals surface area contributed by atoms with Crippen LogP contribution in [0.25, 0.3) is 0 Å². The summed E-state index contributed by atoms with van der Waals surface area (Å²) in [6.45, 7) is 4.10. The van der Waals surface area contributed by atoms with Crippen molar-refractivity contribution in [2.24, 2.45) is 5.92 Å². The highest BCUT2D eigenvalue weighted by Gasteiger charge is 2.44. The molecule has 2 saturated heterocycles. The molecule has 3 atom stereocenters. The summed E-state index contributed by atoms with van der Waals surface area (Å²) in [6, 6.07) is 0.565. The van der Waals surface area contributed by atoms with Crippen LogP contribution in [-0.4, -0.2) is 35.5 Å². The van der Waals surface area contributed by atoms with Crippen LogP contribution in [0, 0.1) is 5.92 Å². The van der Waals surface area contributed by atoms with E-state index in [1.807, 2.05) is 0 Å². The summed E-state index contributed by atoms with van der Waals surface area (Å²) in [5, 5.41) is 3.42. The largest absolute Gasteiger partial charge is 0.338 e. The number of carbonyl (C=O) groups excluding carboxylic acids is 1. The van der Waals surface area contributed by atoms with Gasteiger partial charge < -0.3 is 10.2 Å². The molecule has 0 spiro atoms. The molecule has 2 aliphatic heterocycles. The van der Waals surface area contributed by atoms with Gasteiger partial charge in [-0.1, -0.05) is 6.42 Å². The Morgan fingerprint density at radius 3 is 2.82 bits per heavy atom. The zero-order valence-corrected chi connectivity index (χ0v) is 10.9. The molecule has 3 unspecified atom stereocenters. The van der Waals surface area contributed by atoms with Crippen molar-refractivity contribution >= 4 is 5.91 Å². The van der Waals surface area contributed by atoms with Gasteiger partial charge in [0.1, 0.15) is 0 Å².